The molecule has 2 aliphatic rings. The van der Waals surface area contributed by atoms with Gasteiger partial charge in [0.2, 0.25) is 15.9 Å². The van der Waals surface area contributed by atoms with Gasteiger partial charge in [-0.2, -0.15) is 0 Å². The van der Waals surface area contributed by atoms with Gasteiger partial charge in [-0.3, -0.25) is 4.79 Å². The van der Waals surface area contributed by atoms with Crippen LogP contribution in [-0.2, 0) is 27.7 Å². The minimum Gasteiger partial charge on any atom is -0.490 e. The third-order valence-electron chi connectivity index (χ3n) is 6.29. The third-order valence-corrected chi connectivity index (χ3v) is 7.75. The number of benzene rings is 2. The van der Waals surface area contributed by atoms with Crippen LogP contribution in [0.3, 0.4) is 0 Å². The SMILES string of the molecule is CCOc1ccc(CCNS(=O)(=O)c2ccc3c(c2)CCN3C(=O)C2CCC2)cc1OCC. The fourth-order valence-electron chi connectivity index (χ4n) is 4.31. The van der Waals surface area contributed by atoms with Gasteiger partial charge in [0, 0.05) is 24.7 Å². The maximum Gasteiger partial charge on any atom is 0.240 e. The molecule has 0 bridgehead atoms. The van der Waals surface area contributed by atoms with Crippen LogP contribution in [0.2, 0.25) is 0 Å². The first kappa shape index (κ1) is 23.6. The van der Waals surface area contributed by atoms with Crippen molar-refractivity contribution in [3.05, 3.63) is 47.5 Å². The summed E-state index contributed by atoms with van der Waals surface area (Å²) in [5, 5.41) is 0. The number of hydrogen-bond donors (Lipinski definition) is 1. The van der Waals surface area contributed by atoms with Gasteiger partial charge >= 0.3 is 0 Å². The molecule has 2 aromatic rings. The van der Waals surface area contributed by atoms with Gasteiger partial charge in [-0.05, 0) is 81.0 Å². The highest BCUT2D eigenvalue weighted by molar-refractivity contribution is 7.89. The third kappa shape index (κ3) is 5.17. The molecule has 33 heavy (non-hydrogen) atoms. The van der Waals surface area contributed by atoms with Crippen molar-refractivity contribution < 1.29 is 22.7 Å². The van der Waals surface area contributed by atoms with Crippen molar-refractivity contribution in [1.82, 2.24) is 4.72 Å². The molecule has 0 saturated heterocycles. The Kier molecular flexibility index (Phi) is 7.24. The van der Waals surface area contributed by atoms with Gasteiger partial charge in [-0.1, -0.05) is 12.5 Å². The number of nitrogens with one attached hydrogen (secondary N) is 1. The van der Waals surface area contributed by atoms with Crippen molar-refractivity contribution >= 4 is 21.6 Å². The molecule has 0 atom stereocenters. The van der Waals surface area contributed by atoms with E-state index in [0.717, 1.165) is 36.1 Å². The van der Waals surface area contributed by atoms with Gasteiger partial charge in [0.1, 0.15) is 0 Å². The van der Waals surface area contributed by atoms with Crippen molar-refractivity contribution in [2.24, 2.45) is 5.92 Å². The summed E-state index contributed by atoms with van der Waals surface area (Å²) in [6.45, 7) is 5.80. The van der Waals surface area contributed by atoms with E-state index in [9.17, 15) is 13.2 Å². The highest BCUT2D eigenvalue weighted by Gasteiger charge is 2.33. The minimum atomic E-state index is -3.65. The number of rotatable bonds is 10. The molecule has 1 saturated carbocycles. The lowest BCUT2D eigenvalue weighted by Gasteiger charge is -2.29. The van der Waals surface area contributed by atoms with Gasteiger partial charge in [0.15, 0.2) is 11.5 Å². The second-order valence-corrected chi connectivity index (χ2v) is 10.2. The molecular formula is C25H32N2O5S. The largest absolute Gasteiger partial charge is 0.490 e. The van der Waals surface area contributed by atoms with E-state index in [0.29, 0.717) is 44.1 Å². The maximum atomic E-state index is 12.9. The highest BCUT2D eigenvalue weighted by Crippen LogP contribution is 2.35. The van der Waals surface area contributed by atoms with Gasteiger partial charge in [-0.25, -0.2) is 13.1 Å². The number of ether oxygens (including phenoxy) is 2. The normalized spacial score (nSPS) is 15.8. The number of hydrogen-bond acceptors (Lipinski definition) is 5. The van der Waals surface area contributed by atoms with E-state index in [1.165, 1.54) is 0 Å². The molecule has 4 rings (SSSR count). The van der Waals surface area contributed by atoms with E-state index < -0.39 is 10.0 Å². The standard InChI is InChI=1S/C25H32N2O5S/c1-3-31-23-11-8-18(16-24(23)32-4-2)12-14-26-33(29,30)21-9-10-22-20(17-21)13-15-27(22)25(28)19-6-5-7-19/h8-11,16-17,19,26H,3-7,12-15H2,1-2H3. The first-order valence-corrected chi connectivity index (χ1v) is 13.2. The number of nitrogens with zero attached hydrogens (tertiary/aromatic N) is 1. The van der Waals surface area contributed by atoms with Crippen molar-refractivity contribution in [2.45, 2.75) is 50.8 Å². The predicted molar refractivity (Wildman–Crippen MR) is 128 cm³/mol. The summed E-state index contributed by atoms with van der Waals surface area (Å²) >= 11 is 0. The zero-order chi connectivity index (χ0) is 23.4. The molecule has 1 aliphatic heterocycles. The Morgan fingerprint density at radius 1 is 1.06 bits per heavy atom. The van der Waals surface area contributed by atoms with Crippen LogP contribution in [0.15, 0.2) is 41.3 Å². The number of carbonyl (C=O) groups is 1. The molecule has 1 fully saturated rings. The Morgan fingerprint density at radius 3 is 2.52 bits per heavy atom. The average Bonchev–Trinajstić information content (AvgIpc) is 3.18. The van der Waals surface area contributed by atoms with Crippen LogP contribution in [0.4, 0.5) is 5.69 Å². The van der Waals surface area contributed by atoms with Crippen molar-refractivity contribution in [3.63, 3.8) is 0 Å². The Bertz CT molecular complexity index is 1110. The van der Waals surface area contributed by atoms with Crippen LogP contribution in [0.25, 0.3) is 0 Å². The Morgan fingerprint density at radius 2 is 1.82 bits per heavy atom. The van der Waals surface area contributed by atoms with Gasteiger partial charge in [-0.15, -0.1) is 0 Å². The number of carbonyl (C=O) groups excluding carboxylic acids is 1. The zero-order valence-corrected chi connectivity index (χ0v) is 20.1. The molecule has 0 unspecified atom stereocenters. The lowest BCUT2D eigenvalue weighted by Crippen LogP contribution is -2.37. The van der Waals surface area contributed by atoms with E-state index in [1.807, 2.05) is 36.9 Å². The smallest absolute Gasteiger partial charge is 0.240 e. The molecule has 8 heteroatoms. The first-order valence-electron chi connectivity index (χ1n) is 11.8. The Balaban J connectivity index is 1.39. The monoisotopic (exact) mass is 472 g/mol. The molecular weight excluding hydrogens is 440 g/mol. The van der Waals surface area contributed by atoms with E-state index in [1.54, 1.807) is 18.2 Å². The van der Waals surface area contributed by atoms with Crippen LogP contribution in [0, 0.1) is 5.92 Å². The Labute approximate surface area is 196 Å². The molecule has 0 spiro atoms. The lowest BCUT2D eigenvalue weighted by atomic mass is 9.84. The van der Waals surface area contributed by atoms with Gasteiger partial charge < -0.3 is 14.4 Å². The molecule has 2 aromatic carbocycles. The van der Waals surface area contributed by atoms with Crippen molar-refractivity contribution in [1.29, 1.82) is 0 Å². The summed E-state index contributed by atoms with van der Waals surface area (Å²) in [4.78, 5) is 14.7. The molecule has 1 amide bonds. The topological polar surface area (TPSA) is 84.9 Å². The van der Waals surface area contributed by atoms with Crippen LogP contribution in [0.1, 0.15) is 44.2 Å². The summed E-state index contributed by atoms with van der Waals surface area (Å²) in [6.07, 6.45) is 4.25. The number of anilines is 1. The summed E-state index contributed by atoms with van der Waals surface area (Å²) in [7, 11) is -3.65. The summed E-state index contributed by atoms with van der Waals surface area (Å²) in [5.41, 5.74) is 2.73. The van der Waals surface area contributed by atoms with Gasteiger partial charge in [0.05, 0.1) is 18.1 Å². The highest BCUT2D eigenvalue weighted by atomic mass is 32.2. The molecule has 0 radical (unpaired) electrons. The van der Waals surface area contributed by atoms with Crippen LogP contribution >= 0.6 is 0 Å². The van der Waals surface area contributed by atoms with Crippen LogP contribution in [0.5, 0.6) is 11.5 Å². The molecule has 1 heterocycles. The summed E-state index contributed by atoms with van der Waals surface area (Å²) in [5.74, 6) is 1.66. The van der Waals surface area contributed by atoms with E-state index in [2.05, 4.69) is 4.72 Å². The first-order chi connectivity index (χ1) is 15.9. The number of fused-ring (bicyclic) bond motifs is 1. The fourth-order valence-corrected chi connectivity index (χ4v) is 5.40. The van der Waals surface area contributed by atoms with Crippen LogP contribution in [-0.4, -0.2) is 40.6 Å². The minimum absolute atomic E-state index is 0.131. The van der Waals surface area contributed by atoms with E-state index >= 15 is 0 Å². The number of amides is 1. The second kappa shape index (κ2) is 10.1. The van der Waals surface area contributed by atoms with Crippen molar-refractivity contribution in [3.8, 4) is 11.5 Å². The summed E-state index contributed by atoms with van der Waals surface area (Å²) in [6, 6.07) is 10.7. The molecule has 178 valence electrons. The predicted octanol–water partition coefficient (Wildman–Crippen LogP) is 3.69. The van der Waals surface area contributed by atoms with E-state index in [4.69, 9.17) is 9.47 Å². The molecule has 1 N–H and O–H groups in total. The maximum absolute atomic E-state index is 12.9. The molecule has 7 nitrogen and oxygen atoms in total. The van der Waals surface area contributed by atoms with Crippen molar-refractivity contribution in [2.75, 3.05) is 31.2 Å². The fraction of sp³-hybridized carbons (Fsp3) is 0.480. The second-order valence-electron chi connectivity index (χ2n) is 8.45. The number of sulfonamides is 1. The molecule has 0 aromatic heterocycles. The Hall–Kier alpha value is -2.58. The summed E-state index contributed by atoms with van der Waals surface area (Å²) < 4.78 is 39.7. The average molecular weight is 473 g/mol. The quantitative estimate of drug-likeness (QED) is 0.570. The van der Waals surface area contributed by atoms with Gasteiger partial charge in [0.25, 0.3) is 0 Å². The lowest BCUT2D eigenvalue weighted by molar-refractivity contribution is -0.124. The zero-order valence-electron chi connectivity index (χ0n) is 19.3. The van der Waals surface area contributed by atoms with E-state index in [-0.39, 0.29) is 23.3 Å². The van der Waals surface area contributed by atoms with Crippen LogP contribution < -0.4 is 19.1 Å². The molecule has 1 aliphatic carbocycles.